The van der Waals surface area contributed by atoms with Gasteiger partial charge in [-0.25, -0.2) is 0 Å². The molecule has 124 valence electrons. The molecule has 0 unspecified atom stereocenters. The summed E-state index contributed by atoms with van der Waals surface area (Å²) in [6, 6.07) is 13.6. The van der Waals surface area contributed by atoms with Crippen LogP contribution < -0.4 is 10.1 Å². The molecule has 0 spiro atoms. The van der Waals surface area contributed by atoms with Crippen molar-refractivity contribution in [3.05, 3.63) is 58.6 Å². The average Bonchev–Trinajstić information content (AvgIpc) is 3.24. The highest BCUT2D eigenvalue weighted by Gasteiger charge is 2.29. The van der Waals surface area contributed by atoms with Crippen LogP contribution in [0.4, 0.5) is 5.69 Å². The van der Waals surface area contributed by atoms with Gasteiger partial charge in [-0.2, -0.15) is 0 Å². The number of benzene rings is 2. The first kappa shape index (κ1) is 16.2. The first-order valence-electron chi connectivity index (χ1n) is 7.78. The molecule has 0 radical (unpaired) electrons. The van der Waals surface area contributed by atoms with Crippen LogP contribution in [0.3, 0.4) is 0 Å². The van der Waals surface area contributed by atoms with E-state index in [1.54, 1.807) is 6.07 Å². The van der Waals surface area contributed by atoms with Crippen LogP contribution in [0.2, 0.25) is 5.02 Å². The van der Waals surface area contributed by atoms with E-state index in [1.165, 1.54) is 17.1 Å². The molecule has 2 aromatic rings. The van der Waals surface area contributed by atoms with E-state index in [0.717, 1.165) is 17.0 Å². The Balaban J connectivity index is 1.44. The Kier molecular flexibility index (Phi) is 4.66. The van der Waals surface area contributed by atoms with Gasteiger partial charge in [0.05, 0.1) is 4.58 Å². The second kappa shape index (κ2) is 6.90. The summed E-state index contributed by atoms with van der Waals surface area (Å²) in [6.07, 6.45) is 0.0489. The highest BCUT2D eigenvalue weighted by molar-refractivity contribution is 8.19. The molecule has 0 aliphatic carbocycles. The third-order valence-corrected chi connectivity index (χ3v) is 7.38. The fourth-order valence-corrected chi connectivity index (χ4v) is 5.93. The third kappa shape index (κ3) is 3.39. The summed E-state index contributed by atoms with van der Waals surface area (Å²) in [5, 5.41) is 3.65. The van der Waals surface area contributed by atoms with Crippen LogP contribution in [0.5, 0.6) is 5.75 Å². The molecule has 2 heterocycles. The number of halogens is 1. The molecule has 1 amide bonds. The van der Waals surface area contributed by atoms with Crippen LogP contribution in [0.15, 0.2) is 42.5 Å². The monoisotopic (exact) mass is 377 g/mol. The molecular weight excluding hydrogens is 362 g/mol. The van der Waals surface area contributed by atoms with Crippen LogP contribution >= 0.6 is 35.1 Å². The van der Waals surface area contributed by atoms with Gasteiger partial charge in [-0.1, -0.05) is 23.7 Å². The second-order valence-electron chi connectivity index (χ2n) is 5.75. The van der Waals surface area contributed by atoms with Gasteiger partial charge in [-0.05, 0) is 41.5 Å². The van der Waals surface area contributed by atoms with Gasteiger partial charge in [0.25, 0.3) is 5.91 Å². The first-order chi connectivity index (χ1) is 11.7. The largest absolute Gasteiger partial charge is 0.480 e. The smallest absolute Gasteiger partial charge is 0.265 e. The van der Waals surface area contributed by atoms with Gasteiger partial charge in [0.1, 0.15) is 5.75 Å². The van der Waals surface area contributed by atoms with Gasteiger partial charge in [-0.15, -0.1) is 23.5 Å². The van der Waals surface area contributed by atoms with Gasteiger partial charge in [0.15, 0.2) is 6.10 Å². The average molecular weight is 378 g/mol. The highest BCUT2D eigenvalue weighted by atomic mass is 35.5. The number of nitrogens with one attached hydrogen (secondary N) is 1. The number of carbonyl (C=O) groups is 1. The zero-order valence-electron chi connectivity index (χ0n) is 12.8. The Morgan fingerprint density at radius 2 is 2.00 bits per heavy atom. The molecule has 0 aromatic heterocycles. The Morgan fingerprint density at radius 1 is 1.17 bits per heavy atom. The second-order valence-corrected chi connectivity index (χ2v) is 8.91. The molecule has 24 heavy (non-hydrogen) atoms. The number of hydrogen-bond acceptors (Lipinski definition) is 4. The molecular formula is C18H16ClNO2S2. The van der Waals surface area contributed by atoms with E-state index in [4.69, 9.17) is 16.3 Å². The molecule has 2 aliphatic rings. The molecule has 0 saturated carbocycles. The van der Waals surface area contributed by atoms with E-state index in [0.29, 0.717) is 16.0 Å². The lowest BCUT2D eigenvalue weighted by Gasteiger charge is -2.14. The van der Waals surface area contributed by atoms with Crippen molar-refractivity contribution >= 4 is 46.7 Å². The Bertz CT molecular complexity index is 777. The Labute approximate surface area is 154 Å². The van der Waals surface area contributed by atoms with Crippen molar-refractivity contribution in [3.8, 4) is 5.75 Å². The summed E-state index contributed by atoms with van der Waals surface area (Å²) in [7, 11) is 0. The van der Waals surface area contributed by atoms with E-state index in [-0.39, 0.29) is 5.91 Å². The zero-order chi connectivity index (χ0) is 16.5. The van der Waals surface area contributed by atoms with Crippen molar-refractivity contribution in [2.75, 3.05) is 16.8 Å². The highest BCUT2D eigenvalue weighted by Crippen LogP contribution is 2.45. The SMILES string of the molecule is O=C(Nc1cccc(C2SCCS2)c1)[C@@H]1Cc2cc(Cl)ccc2O1. The maximum Gasteiger partial charge on any atom is 0.265 e. The summed E-state index contributed by atoms with van der Waals surface area (Å²) < 4.78 is 6.22. The summed E-state index contributed by atoms with van der Waals surface area (Å²) in [5.74, 6) is 2.99. The van der Waals surface area contributed by atoms with E-state index in [2.05, 4.69) is 17.4 Å². The lowest BCUT2D eigenvalue weighted by molar-refractivity contribution is -0.122. The number of fused-ring (bicyclic) bond motifs is 1. The summed E-state index contributed by atoms with van der Waals surface area (Å²) in [6.45, 7) is 0. The predicted octanol–water partition coefficient (Wildman–Crippen LogP) is 4.76. The van der Waals surface area contributed by atoms with Gasteiger partial charge >= 0.3 is 0 Å². The van der Waals surface area contributed by atoms with Crippen molar-refractivity contribution < 1.29 is 9.53 Å². The number of amides is 1. The molecule has 6 heteroatoms. The molecule has 1 atom stereocenters. The third-order valence-electron chi connectivity index (χ3n) is 4.04. The maximum atomic E-state index is 12.5. The van der Waals surface area contributed by atoms with Gasteiger partial charge in [0, 0.05) is 28.6 Å². The topological polar surface area (TPSA) is 38.3 Å². The lowest BCUT2D eigenvalue weighted by atomic mass is 10.1. The van der Waals surface area contributed by atoms with Crippen molar-refractivity contribution in [3.63, 3.8) is 0 Å². The fraction of sp³-hybridized carbons (Fsp3) is 0.278. The molecule has 2 aliphatic heterocycles. The molecule has 1 N–H and O–H groups in total. The Morgan fingerprint density at radius 3 is 2.83 bits per heavy atom. The zero-order valence-corrected chi connectivity index (χ0v) is 15.2. The minimum atomic E-state index is -0.502. The van der Waals surface area contributed by atoms with Crippen molar-refractivity contribution in [1.29, 1.82) is 0 Å². The normalized spacial score (nSPS) is 19.8. The van der Waals surface area contributed by atoms with Crippen LogP contribution in [-0.2, 0) is 11.2 Å². The maximum absolute atomic E-state index is 12.5. The number of anilines is 1. The van der Waals surface area contributed by atoms with Crippen molar-refractivity contribution in [2.45, 2.75) is 17.1 Å². The van der Waals surface area contributed by atoms with Crippen LogP contribution in [0, 0.1) is 0 Å². The van der Waals surface area contributed by atoms with Crippen molar-refractivity contribution in [1.82, 2.24) is 0 Å². The molecule has 4 rings (SSSR count). The van der Waals surface area contributed by atoms with E-state index < -0.39 is 6.10 Å². The number of hydrogen-bond donors (Lipinski definition) is 1. The van der Waals surface area contributed by atoms with E-state index in [9.17, 15) is 4.79 Å². The molecule has 2 aromatic carbocycles. The first-order valence-corrected chi connectivity index (χ1v) is 10.3. The van der Waals surface area contributed by atoms with E-state index >= 15 is 0 Å². The van der Waals surface area contributed by atoms with Gasteiger partial charge < -0.3 is 10.1 Å². The van der Waals surface area contributed by atoms with E-state index in [1.807, 2.05) is 47.8 Å². The molecule has 1 fully saturated rings. The summed E-state index contributed by atoms with van der Waals surface area (Å²) >= 11 is 9.91. The molecule has 3 nitrogen and oxygen atoms in total. The van der Waals surface area contributed by atoms with Gasteiger partial charge in [0.2, 0.25) is 0 Å². The number of thioether (sulfide) groups is 2. The van der Waals surface area contributed by atoms with Crippen LogP contribution in [0.25, 0.3) is 0 Å². The summed E-state index contributed by atoms with van der Waals surface area (Å²) in [5.41, 5.74) is 3.06. The van der Waals surface area contributed by atoms with Crippen LogP contribution in [0.1, 0.15) is 15.7 Å². The number of carbonyl (C=O) groups excluding carboxylic acids is 1. The minimum Gasteiger partial charge on any atom is -0.480 e. The van der Waals surface area contributed by atoms with Gasteiger partial charge in [-0.3, -0.25) is 4.79 Å². The minimum absolute atomic E-state index is 0.119. The summed E-state index contributed by atoms with van der Waals surface area (Å²) in [4.78, 5) is 12.5. The molecule has 1 saturated heterocycles. The predicted molar refractivity (Wildman–Crippen MR) is 102 cm³/mol. The molecule has 0 bridgehead atoms. The lowest BCUT2D eigenvalue weighted by Crippen LogP contribution is -2.31. The number of ether oxygens (including phenoxy) is 1. The fourth-order valence-electron chi connectivity index (χ4n) is 2.90. The quantitative estimate of drug-likeness (QED) is 0.836. The van der Waals surface area contributed by atoms with Crippen molar-refractivity contribution in [2.24, 2.45) is 0 Å². The van der Waals surface area contributed by atoms with Crippen LogP contribution in [-0.4, -0.2) is 23.5 Å². The Hall–Kier alpha value is -1.30. The standard InChI is InChI=1S/C18H16ClNO2S2/c19-13-4-5-15-12(8-13)10-16(22-15)17(21)20-14-3-1-2-11(9-14)18-23-6-7-24-18/h1-5,8-9,16,18H,6-7,10H2,(H,20,21)/t16-/m0/s1. The number of rotatable bonds is 3.